The van der Waals surface area contributed by atoms with Gasteiger partial charge in [0.15, 0.2) is 0 Å². The number of carbonyl (C=O) groups excluding carboxylic acids is 1. The molecule has 0 saturated carbocycles. The fourth-order valence-electron chi connectivity index (χ4n) is 1.70. The van der Waals surface area contributed by atoms with Crippen LogP contribution in [0, 0.1) is 6.92 Å². The number of benzene rings is 1. The predicted octanol–water partition coefficient (Wildman–Crippen LogP) is 3.36. The van der Waals surface area contributed by atoms with Crippen LogP contribution in [-0.4, -0.2) is 19.1 Å². The van der Waals surface area contributed by atoms with E-state index in [1.54, 1.807) is 0 Å². The highest BCUT2D eigenvalue weighted by Crippen LogP contribution is 2.25. The van der Waals surface area contributed by atoms with Gasteiger partial charge in [-0.15, -0.1) is 0 Å². The van der Waals surface area contributed by atoms with Crippen molar-refractivity contribution >= 4 is 21.9 Å². The van der Waals surface area contributed by atoms with Crippen LogP contribution >= 0.6 is 15.9 Å². The number of ether oxygens (including phenoxy) is 1. The first-order valence-corrected chi connectivity index (χ1v) is 7.05. The zero-order valence-electron chi connectivity index (χ0n) is 11.1. The molecule has 3 nitrogen and oxygen atoms in total. The van der Waals surface area contributed by atoms with Crippen molar-refractivity contribution in [3.05, 3.63) is 33.8 Å². The van der Waals surface area contributed by atoms with E-state index in [9.17, 15) is 4.79 Å². The van der Waals surface area contributed by atoms with Gasteiger partial charge in [0.25, 0.3) is 0 Å². The second-order valence-electron chi connectivity index (χ2n) is 4.16. The number of hydrogen-bond acceptors (Lipinski definition) is 3. The standard InChI is InChI=1S/C14H20BrNO2/c1-4-8-16-13(14(17)18-5-2)11-7-6-10(3)9-12(11)15/h6-7,9,13,16H,4-5,8H2,1-3H3. The third-order valence-corrected chi connectivity index (χ3v) is 3.27. The molecule has 0 bridgehead atoms. The molecule has 0 aliphatic heterocycles. The Bertz CT molecular complexity index is 407. The van der Waals surface area contributed by atoms with Gasteiger partial charge in [-0.05, 0) is 44.0 Å². The molecule has 1 unspecified atom stereocenters. The Hall–Kier alpha value is -0.870. The molecule has 0 heterocycles. The maximum Gasteiger partial charge on any atom is 0.327 e. The Labute approximate surface area is 117 Å². The first-order chi connectivity index (χ1) is 8.60. The lowest BCUT2D eigenvalue weighted by molar-refractivity contribution is -0.145. The Kier molecular flexibility index (Phi) is 6.36. The third-order valence-electron chi connectivity index (χ3n) is 2.59. The van der Waals surface area contributed by atoms with Crippen LogP contribution in [0.25, 0.3) is 0 Å². The van der Waals surface area contributed by atoms with Crippen LogP contribution in [0.3, 0.4) is 0 Å². The molecule has 0 radical (unpaired) electrons. The number of esters is 1. The minimum absolute atomic E-state index is 0.226. The van der Waals surface area contributed by atoms with Crippen LogP contribution in [0.15, 0.2) is 22.7 Å². The van der Waals surface area contributed by atoms with Crippen LogP contribution in [0.2, 0.25) is 0 Å². The van der Waals surface area contributed by atoms with Crippen molar-refractivity contribution in [2.75, 3.05) is 13.2 Å². The van der Waals surface area contributed by atoms with Crippen LogP contribution in [0.5, 0.6) is 0 Å². The van der Waals surface area contributed by atoms with Gasteiger partial charge in [0, 0.05) is 4.47 Å². The van der Waals surface area contributed by atoms with E-state index in [1.807, 2.05) is 32.0 Å². The average Bonchev–Trinajstić information content (AvgIpc) is 2.32. The van der Waals surface area contributed by atoms with E-state index in [2.05, 4.69) is 28.2 Å². The van der Waals surface area contributed by atoms with Crippen molar-refractivity contribution in [2.45, 2.75) is 33.2 Å². The Morgan fingerprint density at radius 1 is 1.44 bits per heavy atom. The summed E-state index contributed by atoms with van der Waals surface area (Å²) >= 11 is 3.51. The summed E-state index contributed by atoms with van der Waals surface area (Å²) < 4.78 is 6.05. The summed E-state index contributed by atoms with van der Waals surface area (Å²) in [5.74, 6) is -0.226. The molecule has 100 valence electrons. The molecule has 18 heavy (non-hydrogen) atoms. The van der Waals surface area contributed by atoms with Gasteiger partial charge in [0.2, 0.25) is 0 Å². The normalized spacial score (nSPS) is 12.2. The molecule has 1 atom stereocenters. The molecule has 1 aromatic carbocycles. The first-order valence-electron chi connectivity index (χ1n) is 6.26. The Morgan fingerprint density at radius 2 is 2.17 bits per heavy atom. The van der Waals surface area contributed by atoms with Gasteiger partial charge in [0.1, 0.15) is 6.04 Å². The molecule has 0 aliphatic carbocycles. The van der Waals surface area contributed by atoms with Gasteiger partial charge < -0.3 is 10.1 Å². The van der Waals surface area contributed by atoms with Gasteiger partial charge in [-0.25, -0.2) is 4.79 Å². The number of nitrogens with one attached hydrogen (secondary N) is 1. The smallest absolute Gasteiger partial charge is 0.327 e. The summed E-state index contributed by atoms with van der Waals surface area (Å²) in [6.07, 6.45) is 0.972. The number of carbonyl (C=O) groups is 1. The van der Waals surface area contributed by atoms with Gasteiger partial charge in [0.05, 0.1) is 6.61 Å². The molecule has 1 N–H and O–H groups in total. The quantitative estimate of drug-likeness (QED) is 0.818. The van der Waals surface area contributed by atoms with Gasteiger partial charge >= 0.3 is 5.97 Å². The highest BCUT2D eigenvalue weighted by molar-refractivity contribution is 9.10. The topological polar surface area (TPSA) is 38.3 Å². The molecule has 0 amide bonds. The fourth-order valence-corrected chi connectivity index (χ4v) is 2.42. The summed E-state index contributed by atoms with van der Waals surface area (Å²) in [6, 6.07) is 5.57. The minimum atomic E-state index is -0.403. The summed E-state index contributed by atoms with van der Waals surface area (Å²) in [7, 11) is 0. The minimum Gasteiger partial charge on any atom is -0.465 e. The van der Waals surface area contributed by atoms with Crippen LogP contribution < -0.4 is 5.32 Å². The second kappa shape index (κ2) is 7.54. The van der Waals surface area contributed by atoms with Crippen molar-refractivity contribution < 1.29 is 9.53 Å². The summed E-state index contributed by atoms with van der Waals surface area (Å²) in [5.41, 5.74) is 2.08. The first kappa shape index (κ1) is 15.2. The lowest BCUT2D eigenvalue weighted by Gasteiger charge is -2.19. The highest BCUT2D eigenvalue weighted by atomic mass is 79.9. The third kappa shape index (κ3) is 4.10. The van der Waals surface area contributed by atoms with Crippen molar-refractivity contribution in [1.29, 1.82) is 0 Å². The number of hydrogen-bond donors (Lipinski definition) is 1. The molecule has 0 fully saturated rings. The number of rotatable bonds is 6. The summed E-state index contributed by atoms with van der Waals surface area (Å²) in [6.45, 7) is 7.09. The van der Waals surface area contributed by atoms with Crippen molar-refractivity contribution in [3.63, 3.8) is 0 Å². The lowest BCUT2D eigenvalue weighted by Crippen LogP contribution is -2.31. The van der Waals surface area contributed by atoms with Crippen LogP contribution in [-0.2, 0) is 9.53 Å². The van der Waals surface area contributed by atoms with Crippen molar-refractivity contribution in [2.24, 2.45) is 0 Å². The number of halogens is 1. The maximum absolute atomic E-state index is 12.0. The monoisotopic (exact) mass is 313 g/mol. The predicted molar refractivity (Wildman–Crippen MR) is 76.5 cm³/mol. The fraction of sp³-hybridized carbons (Fsp3) is 0.500. The summed E-state index contributed by atoms with van der Waals surface area (Å²) in [4.78, 5) is 12.0. The molecule has 4 heteroatoms. The van der Waals surface area contributed by atoms with Crippen LogP contribution in [0.4, 0.5) is 0 Å². The number of aryl methyl sites for hydroxylation is 1. The molecule has 0 saturated heterocycles. The SMILES string of the molecule is CCCNC(C(=O)OCC)c1ccc(C)cc1Br. The van der Waals surface area contributed by atoms with E-state index < -0.39 is 6.04 Å². The molecular weight excluding hydrogens is 294 g/mol. The molecule has 1 rings (SSSR count). The Morgan fingerprint density at radius 3 is 2.72 bits per heavy atom. The summed E-state index contributed by atoms with van der Waals surface area (Å²) in [5, 5.41) is 3.23. The molecular formula is C14H20BrNO2. The average molecular weight is 314 g/mol. The van der Waals surface area contributed by atoms with E-state index >= 15 is 0 Å². The Balaban J connectivity index is 2.97. The second-order valence-corrected chi connectivity index (χ2v) is 5.02. The molecule has 0 spiro atoms. The van der Waals surface area contributed by atoms with Gasteiger partial charge in [-0.2, -0.15) is 0 Å². The highest BCUT2D eigenvalue weighted by Gasteiger charge is 2.23. The van der Waals surface area contributed by atoms with Crippen molar-refractivity contribution in [1.82, 2.24) is 5.32 Å². The van der Waals surface area contributed by atoms with E-state index in [0.717, 1.165) is 28.6 Å². The molecule has 1 aromatic rings. The lowest BCUT2D eigenvalue weighted by atomic mass is 10.1. The zero-order valence-corrected chi connectivity index (χ0v) is 12.7. The molecule has 0 aromatic heterocycles. The van der Waals surface area contributed by atoms with Gasteiger partial charge in [-0.1, -0.05) is 35.0 Å². The van der Waals surface area contributed by atoms with Crippen molar-refractivity contribution in [3.8, 4) is 0 Å². The van der Waals surface area contributed by atoms with E-state index in [1.165, 1.54) is 0 Å². The molecule has 0 aliphatic rings. The van der Waals surface area contributed by atoms with E-state index in [4.69, 9.17) is 4.74 Å². The largest absolute Gasteiger partial charge is 0.465 e. The van der Waals surface area contributed by atoms with Gasteiger partial charge in [-0.3, -0.25) is 0 Å². The maximum atomic E-state index is 12.0. The van der Waals surface area contributed by atoms with E-state index in [-0.39, 0.29) is 5.97 Å². The zero-order chi connectivity index (χ0) is 13.5. The van der Waals surface area contributed by atoms with Crippen LogP contribution in [0.1, 0.15) is 37.4 Å². The van der Waals surface area contributed by atoms with E-state index in [0.29, 0.717) is 6.61 Å².